The summed E-state index contributed by atoms with van der Waals surface area (Å²) in [5.74, 6) is -1.65. The number of aryl methyl sites for hydroxylation is 1. The summed E-state index contributed by atoms with van der Waals surface area (Å²) in [6.07, 6.45) is 0. The molecule has 0 saturated carbocycles. The molecule has 0 atom stereocenters. The Bertz CT molecular complexity index is 373. The fourth-order valence-corrected chi connectivity index (χ4v) is 0.951. The predicted octanol–water partition coefficient (Wildman–Crippen LogP) is 1.80. The summed E-state index contributed by atoms with van der Waals surface area (Å²) in [7, 11) is 0. The fourth-order valence-electron chi connectivity index (χ4n) is 0.951. The monoisotopic (exact) mass is 181 g/mol. The van der Waals surface area contributed by atoms with E-state index in [-0.39, 0.29) is 17.0 Å². The van der Waals surface area contributed by atoms with Gasteiger partial charge in [-0.3, -0.25) is 0 Å². The van der Waals surface area contributed by atoms with Crippen molar-refractivity contribution in [2.75, 3.05) is 0 Å². The van der Waals surface area contributed by atoms with E-state index in [9.17, 15) is 9.70 Å². The summed E-state index contributed by atoms with van der Waals surface area (Å²) in [4.78, 5) is 20.7. The average Bonchev–Trinajstić information content (AvgIpc) is 2.03. The Hall–Kier alpha value is -1.91. The molecule has 0 spiro atoms. The standard InChI is InChI=1S/C8H7NO4/c1-4-2-7(10)5(8(11)12)3-6(4)9-13/h2-3,10H,1H3,(H,11,12). The van der Waals surface area contributed by atoms with Crippen LogP contribution in [0.15, 0.2) is 17.3 Å². The second-order valence-electron chi connectivity index (χ2n) is 2.55. The molecule has 0 aromatic heterocycles. The van der Waals surface area contributed by atoms with Crippen molar-refractivity contribution in [3.63, 3.8) is 0 Å². The Morgan fingerprint density at radius 2 is 2.08 bits per heavy atom. The maximum atomic E-state index is 10.5. The third kappa shape index (κ3) is 1.64. The first-order valence-electron chi connectivity index (χ1n) is 3.46. The number of benzene rings is 1. The van der Waals surface area contributed by atoms with Crippen LogP contribution in [0, 0.1) is 11.8 Å². The number of carboxylic acids is 1. The highest BCUT2D eigenvalue weighted by molar-refractivity contribution is 5.92. The van der Waals surface area contributed by atoms with Crippen LogP contribution in [0.4, 0.5) is 5.69 Å². The van der Waals surface area contributed by atoms with Gasteiger partial charge in [-0.25, -0.2) is 4.79 Å². The van der Waals surface area contributed by atoms with E-state index >= 15 is 0 Å². The molecule has 5 heteroatoms. The molecule has 2 N–H and O–H groups in total. The number of hydrogen-bond acceptors (Lipinski definition) is 4. The summed E-state index contributed by atoms with van der Waals surface area (Å²) < 4.78 is 0. The van der Waals surface area contributed by atoms with Crippen molar-refractivity contribution < 1.29 is 15.0 Å². The maximum absolute atomic E-state index is 10.5. The second-order valence-corrected chi connectivity index (χ2v) is 2.55. The van der Waals surface area contributed by atoms with Gasteiger partial charge in [0.2, 0.25) is 0 Å². The topological polar surface area (TPSA) is 87.0 Å². The average molecular weight is 181 g/mol. The molecule has 0 aliphatic heterocycles. The van der Waals surface area contributed by atoms with Crippen LogP contribution in [0.1, 0.15) is 15.9 Å². The lowest BCUT2D eigenvalue weighted by Crippen LogP contribution is -1.96. The lowest BCUT2D eigenvalue weighted by molar-refractivity contribution is 0.0694. The number of carboxylic acid groups (broad SMARTS) is 1. The number of hydrogen-bond donors (Lipinski definition) is 2. The molecule has 1 aromatic carbocycles. The minimum Gasteiger partial charge on any atom is -0.507 e. The van der Waals surface area contributed by atoms with E-state index < -0.39 is 5.97 Å². The number of aromatic hydroxyl groups is 1. The summed E-state index contributed by atoms with van der Waals surface area (Å²) in [5, 5.41) is 20.4. The van der Waals surface area contributed by atoms with Gasteiger partial charge >= 0.3 is 5.97 Å². The van der Waals surface area contributed by atoms with Crippen LogP contribution in [0.25, 0.3) is 0 Å². The van der Waals surface area contributed by atoms with Crippen LogP contribution < -0.4 is 0 Å². The van der Waals surface area contributed by atoms with E-state index in [1.165, 1.54) is 6.07 Å². The van der Waals surface area contributed by atoms with E-state index in [0.717, 1.165) is 6.07 Å². The van der Waals surface area contributed by atoms with Crippen LogP contribution in [-0.2, 0) is 0 Å². The zero-order chi connectivity index (χ0) is 10.0. The van der Waals surface area contributed by atoms with E-state index in [2.05, 4.69) is 5.18 Å². The molecule has 68 valence electrons. The van der Waals surface area contributed by atoms with Crippen molar-refractivity contribution in [3.05, 3.63) is 28.2 Å². The second kappa shape index (κ2) is 3.22. The minimum atomic E-state index is -1.29. The molecule has 0 radical (unpaired) electrons. The molecule has 1 aromatic rings. The molecule has 0 saturated heterocycles. The third-order valence-electron chi connectivity index (χ3n) is 1.64. The first kappa shape index (κ1) is 9.18. The zero-order valence-corrected chi connectivity index (χ0v) is 6.81. The van der Waals surface area contributed by atoms with Crippen LogP contribution in [0.5, 0.6) is 5.75 Å². The summed E-state index contributed by atoms with van der Waals surface area (Å²) in [6, 6.07) is 2.24. The van der Waals surface area contributed by atoms with Crippen LogP contribution in [0.3, 0.4) is 0 Å². The molecule has 0 bridgehead atoms. The number of rotatable bonds is 2. The van der Waals surface area contributed by atoms with Gasteiger partial charge < -0.3 is 10.2 Å². The predicted molar refractivity (Wildman–Crippen MR) is 45.3 cm³/mol. The Labute approximate surface area is 73.6 Å². The molecular formula is C8H7NO4. The molecule has 0 unspecified atom stereocenters. The highest BCUT2D eigenvalue weighted by atomic mass is 16.4. The third-order valence-corrected chi connectivity index (χ3v) is 1.64. The largest absolute Gasteiger partial charge is 0.507 e. The number of carbonyl (C=O) groups is 1. The molecule has 0 aliphatic rings. The molecule has 0 heterocycles. The van der Waals surface area contributed by atoms with E-state index in [4.69, 9.17) is 10.2 Å². The number of phenols is 1. The van der Waals surface area contributed by atoms with E-state index in [0.29, 0.717) is 5.56 Å². The van der Waals surface area contributed by atoms with Crippen LogP contribution >= 0.6 is 0 Å². The summed E-state index contributed by atoms with van der Waals surface area (Å²) in [5.41, 5.74) is 0.146. The Morgan fingerprint density at radius 1 is 1.46 bits per heavy atom. The van der Waals surface area contributed by atoms with Gasteiger partial charge in [0.05, 0.1) is 0 Å². The SMILES string of the molecule is Cc1cc(O)c(C(=O)O)cc1N=O. The quantitative estimate of drug-likeness (QED) is 0.681. The molecule has 1 rings (SSSR count). The zero-order valence-electron chi connectivity index (χ0n) is 6.81. The Balaban J connectivity index is 3.38. The smallest absolute Gasteiger partial charge is 0.339 e. The summed E-state index contributed by atoms with van der Waals surface area (Å²) >= 11 is 0. The van der Waals surface area contributed by atoms with Gasteiger partial charge in [-0.05, 0) is 29.8 Å². The van der Waals surface area contributed by atoms with Crippen molar-refractivity contribution in [1.29, 1.82) is 0 Å². The van der Waals surface area contributed by atoms with Crippen molar-refractivity contribution in [3.8, 4) is 5.75 Å². The van der Waals surface area contributed by atoms with Crippen molar-refractivity contribution >= 4 is 11.7 Å². The van der Waals surface area contributed by atoms with Gasteiger partial charge in [0.1, 0.15) is 17.0 Å². The first-order chi connectivity index (χ1) is 6.06. The molecular weight excluding hydrogens is 174 g/mol. The lowest BCUT2D eigenvalue weighted by Gasteiger charge is -2.01. The highest BCUT2D eigenvalue weighted by Gasteiger charge is 2.12. The van der Waals surface area contributed by atoms with Gasteiger partial charge in [0, 0.05) is 0 Å². The van der Waals surface area contributed by atoms with Gasteiger partial charge in [0.15, 0.2) is 0 Å². The molecule has 0 aliphatic carbocycles. The minimum absolute atomic E-state index is 0.0233. The molecule has 13 heavy (non-hydrogen) atoms. The lowest BCUT2D eigenvalue weighted by atomic mass is 10.1. The number of nitroso groups, excluding NO2 is 1. The van der Waals surface area contributed by atoms with Gasteiger partial charge in [-0.15, -0.1) is 4.91 Å². The van der Waals surface area contributed by atoms with E-state index in [1.54, 1.807) is 6.92 Å². The van der Waals surface area contributed by atoms with Crippen molar-refractivity contribution in [2.24, 2.45) is 5.18 Å². The molecule has 0 fully saturated rings. The normalized spacial score (nSPS) is 9.62. The number of aromatic carboxylic acids is 1. The Morgan fingerprint density at radius 3 is 2.54 bits per heavy atom. The van der Waals surface area contributed by atoms with Crippen molar-refractivity contribution in [2.45, 2.75) is 6.92 Å². The molecule has 5 nitrogen and oxygen atoms in total. The maximum Gasteiger partial charge on any atom is 0.339 e. The Kier molecular flexibility index (Phi) is 2.27. The van der Waals surface area contributed by atoms with Crippen LogP contribution in [-0.4, -0.2) is 16.2 Å². The van der Waals surface area contributed by atoms with Gasteiger partial charge in [-0.1, -0.05) is 0 Å². The highest BCUT2D eigenvalue weighted by Crippen LogP contribution is 2.27. The number of nitrogens with zero attached hydrogens (tertiary/aromatic N) is 1. The van der Waals surface area contributed by atoms with Crippen molar-refractivity contribution in [1.82, 2.24) is 0 Å². The molecule has 0 amide bonds. The van der Waals surface area contributed by atoms with Gasteiger partial charge in [0.25, 0.3) is 0 Å². The fraction of sp³-hybridized carbons (Fsp3) is 0.125. The summed E-state index contributed by atoms with van der Waals surface area (Å²) in [6.45, 7) is 1.56. The van der Waals surface area contributed by atoms with Gasteiger partial charge in [-0.2, -0.15) is 0 Å². The van der Waals surface area contributed by atoms with Crippen LogP contribution in [0.2, 0.25) is 0 Å². The first-order valence-corrected chi connectivity index (χ1v) is 3.46. The van der Waals surface area contributed by atoms with E-state index in [1.807, 2.05) is 0 Å².